The molecule has 0 saturated carbocycles. The summed E-state index contributed by atoms with van der Waals surface area (Å²) in [6, 6.07) is 2.30. The molecule has 3 N–H and O–H groups in total. The normalized spacial score (nSPS) is 12.6. The van der Waals surface area contributed by atoms with E-state index in [4.69, 9.17) is 17.0 Å². The van der Waals surface area contributed by atoms with Crippen molar-refractivity contribution in [3.8, 4) is 0 Å². The Balaban J connectivity index is 2.38. The lowest BCUT2D eigenvalue weighted by Gasteiger charge is -2.13. The Morgan fingerprint density at radius 3 is 2.95 bits per heavy atom. The quantitative estimate of drug-likeness (QED) is 0.753. The van der Waals surface area contributed by atoms with Crippen LogP contribution in [0.4, 0.5) is 4.39 Å². The smallest absolute Gasteiger partial charge is 0.253 e. The average Bonchev–Trinajstić information content (AvgIpc) is 2.68. The van der Waals surface area contributed by atoms with Gasteiger partial charge >= 0.3 is 0 Å². The molecule has 0 spiro atoms. The molecule has 1 aromatic carbocycles. The third-order valence-corrected chi connectivity index (χ3v) is 2.83. The number of carbonyl (C=O) groups is 1. The van der Waals surface area contributed by atoms with Crippen LogP contribution >= 0.6 is 12.2 Å². The van der Waals surface area contributed by atoms with Crippen LogP contribution in [0.15, 0.2) is 12.1 Å². The minimum atomic E-state index is -0.498. The second-order valence-electron chi connectivity index (χ2n) is 4.28. The standard InChI is InChI=1S/C12H14FN3O2S/c1-6(5-18-2)14-11(17)8-3-7(13)4-9-10(8)16-12(19)15-9/h3-4,6H,5H2,1-2H3,(H,14,17)(H2,15,16,19). The number of aromatic amines is 2. The summed E-state index contributed by atoms with van der Waals surface area (Å²) in [6.07, 6.45) is 0. The number of fused-ring (bicyclic) bond motifs is 1. The Morgan fingerprint density at radius 2 is 2.26 bits per heavy atom. The van der Waals surface area contributed by atoms with E-state index < -0.39 is 5.82 Å². The summed E-state index contributed by atoms with van der Waals surface area (Å²) in [4.78, 5) is 17.7. The zero-order valence-corrected chi connectivity index (χ0v) is 11.4. The van der Waals surface area contributed by atoms with Crippen LogP contribution < -0.4 is 5.32 Å². The summed E-state index contributed by atoms with van der Waals surface area (Å²) in [7, 11) is 1.55. The molecule has 102 valence electrons. The number of hydrogen-bond acceptors (Lipinski definition) is 3. The first-order valence-electron chi connectivity index (χ1n) is 5.72. The number of hydrogen-bond donors (Lipinski definition) is 3. The summed E-state index contributed by atoms with van der Waals surface area (Å²) in [5, 5.41) is 2.73. The number of aromatic nitrogens is 2. The molecule has 0 saturated heterocycles. The maximum atomic E-state index is 13.5. The van der Waals surface area contributed by atoms with Crippen LogP contribution in [-0.4, -0.2) is 35.6 Å². The number of nitrogens with one attached hydrogen (secondary N) is 3. The topological polar surface area (TPSA) is 69.9 Å². The van der Waals surface area contributed by atoms with E-state index in [9.17, 15) is 9.18 Å². The molecule has 1 aromatic heterocycles. The lowest BCUT2D eigenvalue weighted by molar-refractivity contribution is 0.0906. The fourth-order valence-electron chi connectivity index (χ4n) is 1.88. The highest BCUT2D eigenvalue weighted by molar-refractivity contribution is 7.71. The lowest BCUT2D eigenvalue weighted by Crippen LogP contribution is -2.35. The zero-order chi connectivity index (χ0) is 14.0. The monoisotopic (exact) mass is 283 g/mol. The van der Waals surface area contributed by atoms with E-state index in [1.54, 1.807) is 14.0 Å². The second kappa shape index (κ2) is 5.50. The molecule has 0 fully saturated rings. The molecule has 7 heteroatoms. The fraction of sp³-hybridized carbons (Fsp3) is 0.333. The van der Waals surface area contributed by atoms with Crippen molar-refractivity contribution in [1.82, 2.24) is 15.3 Å². The first-order valence-corrected chi connectivity index (χ1v) is 6.13. The number of benzene rings is 1. The fourth-order valence-corrected chi connectivity index (χ4v) is 2.09. The number of amides is 1. The highest BCUT2D eigenvalue weighted by Gasteiger charge is 2.15. The number of H-pyrrole nitrogens is 2. The van der Waals surface area contributed by atoms with E-state index in [-0.39, 0.29) is 17.5 Å². The van der Waals surface area contributed by atoms with Gasteiger partial charge in [0.2, 0.25) is 0 Å². The lowest BCUT2D eigenvalue weighted by atomic mass is 10.1. The van der Waals surface area contributed by atoms with E-state index in [0.29, 0.717) is 22.4 Å². The predicted molar refractivity (Wildman–Crippen MR) is 72.2 cm³/mol. The molecule has 1 heterocycles. The first kappa shape index (κ1) is 13.7. The zero-order valence-electron chi connectivity index (χ0n) is 10.5. The SMILES string of the molecule is COCC(C)NC(=O)c1cc(F)cc2[nH]c(=S)[nH]c12. The van der Waals surface area contributed by atoms with Gasteiger partial charge in [0.25, 0.3) is 5.91 Å². The molecule has 0 aliphatic heterocycles. The van der Waals surface area contributed by atoms with Crippen LogP contribution in [0.1, 0.15) is 17.3 Å². The van der Waals surface area contributed by atoms with Crippen molar-refractivity contribution in [3.05, 3.63) is 28.3 Å². The maximum Gasteiger partial charge on any atom is 0.253 e. The molecule has 0 aliphatic carbocycles. The maximum absolute atomic E-state index is 13.5. The van der Waals surface area contributed by atoms with Crippen molar-refractivity contribution in [1.29, 1.82) is 0 Å². The summed E-state index contributed by atoms with van der Waals surface area (Å²) < 4.78 is 18.8. The van der Waals surface area contributed by atoms with Crippen LogP contribution in [0.5, 0.6) is 0 Å². The molecule has 0 radical (unpaired) electrons. The minimum absolute atomic E-state index is 0.169. The second-order valence-corrected chi connectivity index (χ2v) is 4.69. The molecule has 19 heavy (non-hydrogen) atoms. The van der Waals surface area contributed by atoms with Gasteiger partial charge in [-0.1, -0.05) is 0 Å². The Bertz CT molecular complexity index is 665. The average molecular weight is 283 g/mol. The van der Waals surface area contributed by atoms with E-state index in [1.165, 1.54) is 12.1 Å². The third kappa shape index (κ3) is 2.99. The Hall–Kier alpha value is -1.73. The number of imidazole rings is 1. The highest BCUT2D eigenvalue weighted by atomic mass is 32.1. The molecule has 2 rings (SSSR count). The molecule has 2 aromatic rings. The van der Waals surface area contributed by atoms with Crippen molar-refractivity contribution >= 4 is 29.2 Å². The molecular weight excluding hydrogens is 269 g/mol. The summed E-state index contributed by atoms with van der Waals surface area (Å²) in [5.41, 5.74) is 1.17. The van der Waals surface area contributed by atoms with E-state index in [0.717, 1.165) is 0 Å². The van der Waals surface area contributed by atoms with Gasteiger partial charge in [0.1, 0.15) is 5.82 Å². The summed E-state index contributed by atoms with van der Waals surface area (Å²) in [5.74, 6) is -0.874. The van der Waals surface area contributed by atoms with Crippen LogP contribution in [0, 0.1) is 10.6 Å². The van der Waals surface area contributed by atoms with Crippen molar-refractivity contribution in [2.24, 2.45) is 0 Å². The van der Waals surface area contributed by atoms with E-state index in [1.807, 2.05) is 0 Å². The molecule has 0 bridgehead atoms. The minimum Gasteiger partial charge on any atom is -0.383 e. The Kier molecular flexibility index (Phi) is 3.96. The highest BCUT2D eigenvalue weighted by Crippen LogP contribution is 2.17. The number of rotatable bonds is 4. The van der Waals surface area contributed by atoms with Crippen molar-refractivity contribution in [2.75, 3.05) is 13.7 Å². The van der Waals surface area contributed by atoms with Crippen molar-refractivity contribution in [3.63, 3.8) is 0 Å². The summed E-state index contributed by atoms with van der Waals surface area (Å²) >= 11 is 4.95. The van der Waals surface area contributed by atoms with Gasteiger partial charge < -0.3 is 20.0 Å². The number of halogens is 1. The molecule has 1 unspecified atom stereocenters. The van der Waals surface area contributed by atoms with Gasteiger partial charge in [0.05, 0.1) is 23.2 Å². The van der Waals surface area contributed by atoms with Gasteiger partial charge in [-0.25, -0.2) is 4.39 Å². The molecule has 0 aliphatic rings. The molecule has 1 amide bonds. The van der Waals surface area contributed by atoms with Gasteiger partial charge in [-0.15, -0.1) is 0 Å². The molecule has 1 atom stereocenters. The van der Waals surface area contributed by atoms with Gasteiger partial charge in [-0.05, 0) is 31.3 Å². The third-order valence-electron chi connectivity index (χ3n) is 2.63. The number of carbonyl (C=O) groups excluding carboxylic acids is 1. The largest absolute Gasteiger partial charge is 0.383 e. The van der Waals surface area contributed by atoms with E-state index >= 15 is 0 Å². The Labute approximate surface area is 114 Å². The van der Waals surface area contributed by atoms with Crippen LogP contribution in [-0.2, 0) is 4.74 Å². The number of ether oxygens (including phenoxy) is 1. The Morgan fingerprint density at radius 1 is 1.53 bits per heavy atom. The first-order chi connectivity index (χ1) is 9.01. The predicted octanol–water partition coefficient (Wildman–Crippen LogP) is 2.13. The van der Waals surface area contributed by atoms with Crippen LogP contribution in [0.3, 0.4) is 0 Å². The van der Waals surface area contributed by atoms with Gasteiger partial charge in [0.15, 0.2) is 4.77 Å². The number of methoxy groups -OCH3 is 1. The van der Waals surface area contributed by atoms with E-state index in [2.05, 4.69) is 15.3 Å². The molecule has 5 nitrogen and oxygen atoms in total. The van der Waals surface area contributed by atoms with Crippen molar-refractivity contribution < 1.29 is 13.9 Å². The molecular formula is C12H14FN3O2S. The summed E-state index contributed by atoms with van der Waals surface area (Å²) in [6.45, 7) is 2.19. The van der Waals surface area contributed by atoms with Crippen LogP contribution in [0.25, 0.3) is 11.0 Å². The van der Waals surface area contributed by atoms with Crippen LogP contribution in [0.2, 0.25) is 0 Å². The van der Waals surface area contributed by atoms with Crippen molar-refractivity contribution in [2.45, 2.75) is 13.0 Å². The van der Waals surface area contributed by atoms with Gasteiger partial charge in [0, 0.05) is 13.2 Å². The van der Waals surface area contributed by atoms with Gasteiger partial charge in [-0.2, -0.15) is 0 Å². The van der Waals surface area contributed by atoms with Gasteiger partial charge in [-0.3, -0.25) is 4.79 Å².